The first kappa shape index (κ1) is 21.8. The van der Waals surface area contributed by atoms with Crippen molar-refractivity contribution in [3.05, 3.63) is 95.8 Å². The largest absolute Gasteiger partial charge is 0.497 e. The molecule has 4 aromatic rings. The third-order valence-corrected chi connectivity index (χ3v) is 5.04. The molecule has 2 amide bonds. The number of nitrogens with one attached hydrogen (secondary N) is 3. The average molecular weight is 441 g/mol. The molecule has 33 heavy (non-hydrogen) atoms. The molecule has 0 bridgehead atoms. The fourth-order valence-electron chi connectivity index (χ4n) is 3.26. The number of anilines is 1. The number of H-pyrrole nitrogens is 1. The maximum atomic E-state index is 12.6. The lowest BCUT2D eigenvalue weighted by Crippen LogP contribution is -2.24. The summed E-state index contributed by atoms with van der Waals surface area (Å²) in [6.45, 7) is 0.385. The first-order valence-electron chi connectivity index (χ1n) is 10.4. The monoisotopic (exact) mass is 441 g/mol. The topological polar surface area (TPSA) is 109 Å². The Balaban J connectivity index is 1.30. The lowest BCUT2D eigenvalue weighted by Gasteiger charge is -2.09. The summed E-state index contributed by atoms with van der Waals surface area (Å²) >= 11 is 0. The van der Waals surface area contributed by atoms with Crippen LogP contribution < -0.4 is 15.4 Å². The molecule has 0 unspecified atom stereocenters. The van der Waals surface area contributed by atoms with Gasteiger partial charge in [-0.15, -0.1) is 0 Å². The summed E-state index contributed by atoms with van der Waals surface area (Å²) in [5.74, 6) is 1.09. The third kappa shape index (κ3) is 5.82. The lowest BCUT2D eigenvalue weighted by atomic mass is 10.1. The number of aromatic nitrogens is 3. The molecule has 0 saturated carbocycles. The van der Waals surface area contributed by atoms with Gasteiger partial charge < -0.3 is 15.4 Å². The molecule has 0 aliphatic heterocycles. The van der Waals surface area contributed by atoms with E-state index in [1.807, 2.05) is 60.7 Å². The number of benzene rings is 3. The molecule has 1 aromatic heterocycles. The second-order valence-electron chi connectivity index (χ2n) is 7.37. The summed E-state index contributed by atoms with van der Waals surface area (Å²) in [4.78, 5) is 28.9. The van der Waals surface area contributed by atoms with Gasteiger partial charge in [0.2, 0.25) is 5.91 Å². The van der Waals surface area contributed by atoms with Gasteiger partial charge in [-0.25, -0.2) is 4.98 Å². The molecule has 0 saturated heterocycles. The minimum absolute atomic E-state index is 0.0753. The second kappa shape index (κ2) is 10.2. The van der Waals surface area contributed by atoms with E-state index in [1.54, 1.807) is 19.2 Å². The Labute approximate surface area is 191 Å². The molecule has 3 aromatic carbocycles. The standard InChI is InChI=1S/C25H23N5O3/c1-33-22-11-7-17(8-12-22)13-23(31)26-15-18-5-9-19(10-6-18)25(32)29-21-4-2-3-20(14-21)24-27-16-28-30-24/h2-12,14,16H,13,15H2,1H3,(H,26,31)(H,29,32)(H,27,28,30). The van der Waals surface area contributed by atoms with E-state index in [-0.39, 0.29) is 18.2 Å². The SMILES string of the molecule is COc1ccc(CC(=O)NCc2ccc(C(=O)Nc3cccc(-c4ncn[nH]4)c3)cc2)cc1. The van der Waals surface area contributed by atoms with Crippen molar-refractivity contribution in [1.29, 1.82) is 0 Å². The van der Waals surface area contributed by atoms with Crippen LogP contribution in [-0.2, 0) is 17.8 Å². The third-order valence-electron chi connectivity index (χ3n) is 5.04. The number of aromatic amines is 1. The van der Waals surface area contributed by atoms with Crippen molar-refractivity contribution >= 4 is 17.5 Å². The number of carbonyl (C=O) groups is 2. The highest BCUT2D eigenvalue weighted by Crippen LogP contribution is 2.19. The smallest absolute Gasteiger partial charge is 0.255 e. The van der Waals surface area contributed by atoms with Gasteiger partial charge in [0.1, 0.15) is 12.1 Å². The Morgan fingerprint density at radius 2 is 1.73 bits per heavy atom. The van der Waals surface area contributed by atoms with Crippen molar-refractivity contribution in [1.82, 2.24) is 20.5 Å². The Hall–Kier alpha value is -4.46. The van der Waals surface area contributed by atoms with Gasteiger partial charge in [0, 0.05) is 23.4 Å². The van der Waals surface area contributed by atoms with Crippen LogP contribution in [0.3, 0.4) is 0 Å². The number of methoxy groups -OCH3 is 1. The van der Waals surface area contributed by atoms with Gasteiger partial charge in [-0.1, -0.05) is 36.4 Å². The molecule has 1 heterocycles. The van der Waals surface area contributed by atoms with Crippen molar-refractivity contribution in [3.63, 3.8) is 0 Å². The summed E-state index contributed by atoms with van der Waals surface area (Å²) in [5.41, 5.74) is 3.82. The normalized spacial score (nSPS) is 10.5. The number of hydrogen-bond acceptors (Lipinski definition) is 5. The molecule has 166 valence electrons. The Morgan fingerprint density at radius 3 is 2.42 bits per heavy atom. The molecule has 0 aliphatic rings. The van der Waals surface area contributed by atoms with Gasteiger partial charge in [-0.2, -0.15) is 5.10 Å². The van der Waals surface area contributed by atoms with Crippen molar-refractivity contribution in [2.75, 3.05) is 12.4 Å². The summed E-state index contributed by atoms with van der Waals surface area (Å²) in [5, 5.41) is 12.4. The zero-order chi connectivity index (χ0) is 23.0. The summed E-state index contributed by atoms with van der Waals surface area (Å²) in [6, 6.07) is 21.9. The van der Waals surface area contributed by atoms with Crippen molar-refractivity contribution in [2.45, 2.75) is 13.0 Å². The maximum absolute atomic E-state index is 12.6. The maximum Gasteiger partial charge on any atom is 0.255 e. The fraction of sp³-hybridized carbons (Fsp3) is 0.120. The Bertz CT molecular complexity index is 1220. The molecule has 0 atom stereocenters. The van der Waals surface area contributed by atoms with Crippen LogP contribution in [0.15, 0.2) is 79.1 Å². The van der Waals surface area contributed by atoms with Crippen LogP contribution >= 0.6 is 0 Å². The minimum Gasteiger partial charge on any atom is -0.497 e. The van der Waals surface area contributed by atoms with Gasteiger partial charge in [-0.05, 0) is 47.5 Å². The van der Waals surface area contributed by atoms with E-state index in [4.69, 9.17) is 4.74 Å². The lowest BCUT2D eigenvalue weighted by molar-refractivity contribution is -0.120. The van der Waals surface area contributed by atoms with E-state index in [0.717, 1.165) is 22.4 Å². The molecule has 8 heteroatoms. The van der Waals surface area contributed by atoms with E-state index in [0.29, 0.717) is 23.6 Å². The molecule has 3 N–H and O–H groups in total. The highest BCUT2D eigenvalue weighted by Gasteiger charge is 2.09. The van der Waals surface area contributed by atoms with E-state index in [2.05, 4.69) is 25.8 Å². The van der Waals surface area contributed by atoms with Gasteiger partial charge >= 0.3 is 0 Å². The first-order chi connectivity index (χ1) is 16.1. The first-order valence-corrected chi connectivity index (χ1v) is 10.4. The number of nitrogens with zero attached hydrogens (tertiary/aromatic N) is 2. The Kier molecular flexibility index (Phi) is 6.75. The minimum atomic E-state index is -0.222. The van der Waals surface area contributed by atoms with E-state index in [1.165, 1.54) is 6.33 Å². The predicted molar refractivity (Wildman–Crippen MR) is 125 cm³/mol. The number of ether oxygens (including phenoxy) is 1. The Morgan fingerprint density at radius 1 is 0.970 bits per heavy atom. The van der Waals surface area contributed by atoms with Crippen LogP contribution in [0, 0.1) is 0 Å². The molecule has 0 radical (unpaired) electrons. The molecule has 8 nitrogen and oxygen atoms in total. The molecule has 0 spiro atoms. The van der Waals surface area contributed by atoms with Gasteiger partial charge in [0.05, 0.1) is 13.5 Å². The summed E-state index contributed by atoms with van der Waals surface area (Å²) < 4.78 is 5.12. The molecule has 0 aliphatic carbocycles. The van der Waals surface area contributed by atoms with Crippen molar-refractivity contribution in [3.8, 4) is 17.1 Å². The highest BCUT2D eigenvalue weighted by atomic mass is 16.5. The number of hydrogen-bond donors (Lipinski definition) is 3. The highest BCUT2D eigenvalue weighted by molar-refractivity contribution is 6.04. The number of rotatable bonds is 8. The van der Waals surface area contributed by atoms with Crippen LogP contribution in [0.4, 0.5) is 5.69 Å². The van der Waals surface area contributed by atoms with E-state index >= 15 is 0 Å². The van der Waals surface area contributed by atoms with Crippen LogP contribution in [0.5, 0.6) is 5.75 Å². The molecular formula is C25H23N5O3. The molecule has 4 rings (SSSR count). The van der Waals surface area contributed by atoms with Gasteiger partial charge in [0.15, 0.2) is 5.82 Å². The van der Waals surface area contributed by atoms with E-state index < -0.39 is 0 Å². The number of amides is 2. The fourth-order valence-corrected chi connectivity index (χ4v) is 3.26. The molecule has 0 fully saturated rings. The molecular weight excluding hydrogens is 418 g/mol. The van der Waals surface area contributed by atoms with Crippen molar-refractivity contribution in [2.24, 2.45) is 0 Å². The van der Waals surface area contributed by atoms with Gasteiger partial charge in [0.25, 0.3) is 5.91 Å². The average Bonchev–Trinajstić information content (AvgIpc) is 3.39. The predicted octanol–water partition coefficient (Wildman–Crippen LogP) is 3.59. The summed E-state index contributed by atoms with van der Waals surface area (Å²) in [7, 11) is 1.61. The van der Waals surface area contributed by atoms with Crippen LogP contribution in [0.25, 0.3) is 11.4 Å². The van der Waals surface area contributed by atoms with Crippen LogP contribution in [0.2, 0.25) is 0 Å². The van der Waals surface area contributed by atoms with Gasteiger partial charge in [-0.3, -0.25) is 14.7 Å². The van der Waals surface area contributed by atoms with E-state index in [9.17, 15) is 9.59 Å². The number of carbonyl (C=O) groups excluding carboxylic acids is 2. The van der Waals surface area contributed by atoms with Crippen molar-refractivity contribution < 1.29 is 14.3 Å². The quantitative estimate of drug-likeness (QED) is 0.387. The summed E-state index contributed by atoms with van der Waals surface area (Å²) in [6.07, 6.45) is 1.72. The zero-order valence-electron chi connectivity index (χ0n) is 18.0. The van der Waals surface area contributed by atoms with Crippen LogP contribution in [0.1, 0.15) is 21.5 Å². The zero-order valence-corrected chi connectivity index (χ0v) is 18.0. The van der Waals surface area contributed by atoms with Crippen LogP contribution in [-0.4, -0.2) is 34.1 Å². The second-order valence-corrected chi connectivity index (χ2v) is 7.37.